The second-order valence-electron chi connectivity index (χ2n) is 6.42. The molecule has 2 saturated heterocycles. The molecule has 8 heteroatoms. The minimum Gasteiger partial charge on any atom is -0.506 e. The summed E-state index contributed by atoms with van der Waals surface area (Å²) in [6, 6.07) is 3.19. The van der Waals surface area contributed by atoms with Gasteiger partial charge in [-0.25, -0.2) is 0 Å². The van der Waals surface area contributed by atoms with Crippen molar-refractivity contribution in [3.8, 4) is 5.75 Å². The summed E-state index contributed by atoms with van der Waals surface area (Å²) in [7, 11) is 0. The largest absolute Gasteiger partial charge is 0.506 e. The topological polar surface area (TPSA) is 95.0 Å². The van der Waals surface area contributed by atoms with Crippen LogP contribution in [0.1, 0.15) is 12.1 Å². The van der Waals surface area contributed by atoms with Crippen LogP contribution < -0.4 is 5.32 Å². The van der Waals surface area contributed by atoms with Crippen LogP contribution in [0.15, 0.2) is 18.3 Å². The lowest BCUT2D eigenvalue weighted by Gasteiger charge is -2.28. The first-order valence-electron chi connectivity index (χ1n) is 8.61. The molecule has 3 heterocycles. The molecular weight excluding hydrogens is 324 g/mol. The summed E-state index contributed by atoms with van der Waals surface area (Å²) in [5.74, 6) is -0.310. The number of aromatic hydroxyl groups is 1. The summed E-state index contributed by atoms with van der Waals surface area (Å²) >= 11 is 0. The first-order valence-corrected chi connectivity index (χ1v) is 8.61. The lowest BCUT2D eigenvalue weighted by molar-refractivity contribution is -0.129. The van der Waals surface area contributed by atoms with Gasteiger partial charge in [-0.3, -0.25) is 19.5 Å². The first-order chi connectivity index (χ1) is 12.1. The van der Waals surface area contributed by atoms with Crippen molar-refractivity contribution in [2.75, 3.05) is 45.9 Å². The lowest BCUT2D eigenvalue weighted by atomic mass is 10.1. The molecule has 1 aromatic rings. The van der Waals surface area contributed by atoms with Crippen molar-refractivity contribution >= 4 is 11.8 Å². The number of carbonyl (C=O) groups is 2. The smallest absolute Gasteiger partial charge is 0.225 e. The average Bonchev–Trinajstić information content (AvgIpc) is 3.01. The fourth-order valence-corrected chi connectivity index (χ4v) is 3.09. The van der Waals surface area contributed by atoms with Crippen LogP contribution in [-0.2, 0) is 20.9 Å². The van der Waals surface area contributed by atoms with Crippen LogP contribution in [0.2, 0.25) is 0 Å². The molecule has 1 unspecified atom stereocenters. The van der Waals surface area contributed by atoms with E-state index in [-0.39, 0.29) is 36.4 Å². The van der Waals surface area contributed by atoms with Crippen molar-refractivity contribution < 1.29 is 19.4 Å². The lowest BCUT2D eigenvalue weighted by Crippen LogP contribution is -2.42. The van der Waals surface area contributed by atoms with Crippen molar-refractivity contribution in [2.24, 2.45) is 5.92 Å². The molecule has 0 radical (unpaired) electrons. The van der Waals surface area contributed by atoms with Gasteiger partial charge in [0.15, 0.2) is 0 Å². The van der Waals surface area contributed by atoms with Gasteiger partial charge in [0.05, 0.1) is 37.6 Å². The van der Waals surface area contributed by atoms with Crippen LogP contribution in [0, 0.1) is 5.92 Å². The Morgan fingerprint density at radius 3 is 2.84 bits per heavy atom. The predicted octanol–water partition coefficient (Wildman–Crippen LogP) is -0.416. The van der Waals surface area contributed by atoms with Crippen molar-refractivity contribution in [1.82, 2.24) is 20.1 Å². The van der Waals surface area contributed by atoms with Crippen LogP contribution >= 0.6 is 0 Å². The Kier molecular flexibility index (Phi) is 5.83. The Morgan fingerprint density at radius 2 is 2.12 bits per heavy atom. The molecule has 2 aliphatic rings. The maximum absolute atomic E-state index is 12.3. The zero-order valence-corrected chi connectivity index (χ0v) is 14.2. The third kappa shape index (κ3) is 4.90. The van der Waals surface area contributed by atoms with E-state index in [4.69, 9.17) is 4.74 Å². The number of nitrogens with zero attached hydrogens (tertiary/aromatic N) is 3. The van der Waals surface area contributed by atoms with Crippen LogP contribution in [-0.4, -0.2) is 77.6 Å². The van der Waals surface area contributed by atoms with E-state index < -0.39 is 0 Å². The van der Waals surface area contributed by atoms with Gasteiger partial charge in [-0.15, -0.1) is 0 Å². The monoisotopic (exact) mass is 348 g/mol. The molecule has 2 aliphatic heterocycles. The van der Waals surface area contributed by atoms with Gasteiger partial charge in [-0.05, 0) is 12.1 Å². The van der Waals surface area contributed by atoms with Gasteiger partial charge in [0.1, 0.15) is 5.75 Å². The molecule has 2 amide bonds. The van der Waals surface area contributed by atoms with E-state index in [1.807, 2.05) is 0 Å². The molecule has 0 bridgehead atoms. The van der Waals surface area contributed by atoms with Gasteiger partial charge in [0.2, 0.25) is 11.8 Å². The number of amides is 2. The second kappa shape index (κ2) is 8.26. The zero-order valence-electron chi connectivity index (χ0n) is 14.2. The fraction of sp³-hybridized carbons (Fsp3) is 0.588. The Hall–Kier alpha value is -2.19. The molecule has 136 valence electrons. The normalized spacial score (nSPS) is 21.5. The number of nitrogens with one attached hydrogen (secondary N) is 1. The number of pyridine rings is 1. The quantitative estimate of drug-likeness (QED) is 0.725. The average molecular weight is 348 g/mol. The van der Waals surface area contributed by atoms with Crippen LogP contribution in [0.25, 0.3) is 0 Å². The van der Waals surface area contributed by atoms with E-state index in [9.17, 15) is 14.7 Å². The van der Waals surface area contributed by atoms with Gasteiger partial charge in [-0.2, -0.15) is 0 Å². The van der Waals surface area contributed by atoms with E-state index in [1.54, 1.807) is 11.0 Å². The van der Waals surface area contributed by atoms with E-state index in [1.165, 1.54) is 12.3 Å². The van der Waals surface area contributed by atoms with Crippen LogP contribution in [0.5, 0.6) is 5.75 Å². The molecule has 2 fully saturated rings. The predicted molar refractivity (Wildman–Crippen MR) is 89.7 cm³/mol. The summed E-state index contributed by atoms with van der Waals surface area (Å²) in [5.41, 5.74) is 0.666. The van der Waals surface area contributed by atoms with Gasteiger partial charge in [-0.1, -0.05) is 0 Å². The minimum absolute atomic E-state index is 0.0381. The summed E-state index contributed by atoms with van der Waals surface area (Å²) < 4.78 is 5.32. The molecule has 25 heavy (non-hydrogen) atoms. The maximum atomic E-state index is 12.3. The third-order valence-electron chi connectivity index (χ3n) is 4.63. The molecule has 1 aromatic heterocycles. The number of ether oxygens (including phenoxy) is 1. The molecule has 0 spiro atoms. The molecule has 0 aliphatic carbocycles. The molecule has 1 atom stereocenters. The van der Waals surface area contributed by atoms with Gasteiger partial charge >= 0.3 is 0 Å². The van der Waals surface area contributed by atoms with Gasteiger partial charge in [0, 0.05) is 39.1 Å². The minimum atomic E-state index is -0.311. The molecule has 3 rings (SSSR count). The second-order valence-corrected chi connectivity index (χ2v) is 6.42. The Bertz CT molecular complexity index is 601. The zero-order chi connectivity index (χ0) is 17.6. The van der Waals surface area contributed by atoms with E-state index in [2.05, 4.69) is 15.2 Å². The van der Waals surface area contributed by atoms with Crippen molar-refractivity contribution in [3.05, 3.63) is 24.0 Å². The van der Waals surface area contributed by atoms with Gasteiger partial charge in [0.25, 0.3) is 0 Å². The number of hydrogen-bond donors (Lipinski definition) is 2. The number of morpholine rings is 1. The van der Waals surface area contributed by atoms with Crippen molar-refractivity contribution in [2.45, 2.75) is 13.0 Å². The summed E-state index contributed by atoms with van der Waals surface area (Å²) in [4.78, 5) is 32.5. The Balaban J connectivity index is 1.42. The highest BCUT2D eigenvalue weighted by atomic mass is 16.5. The number of aromatic nitrogens is 1. The Morgan fingerprint density at radius 1 is 1.32 bits per heavy atom. The highest BCUT2D eigenvalue weighted by Gasteiger charge is 2.34. The summed E-state index contributed by atoms with van der Waals surface area (Å²) in [6.45, 7) is 5.50. The number of hydrogen-bond acceptors (Lipinski definition) is 6. The summed E-state index contributed by atoms with van der Waals surface area (Å²) in [5, 5.41) is 12.0. The number of rotatable bonds is 6. The third-order valence-corrected chi connectivity index (χ3v) is 4.63. The van der Waals surface area contributed by atoms with Crippen molar-refractivity contribution in [3.63, 3.8) is 0 Å². The summed E-state index contributed by atoms with van der Waals surface area (Å²) in [6.07, 6.45) is 1.60. The molecule has 0 aromatic carbocycles. The van der Waals surface area contributed by atoms with Gasteiger partial charge < -0.3 is 20.1 Å². The van der Waals surface area contributed by atoms with E-state index >= 15 is 0 Å². The van der Waals surface area contributed by atoms with Crippen LogP contribution in [0.4, 0.5) is 0 Å². The standard InChI is InChI=1S/C17H24N4O4/c22-15-2-1-14(18-11-15)10-19-17(24)13-9-16(23)21(12-13)4-3-20-5-7-25-8-6-20/h1-2,11,13,22H,3-10,12H2,(H,19,24). The molecule has 2 N–H and O–H groups in total. The molecule has 8 nitrogen and oxygen atoms in total. The fourth-order valence-electron chi connectivity index (χ4n) is 3.09. The van der Waals surface area contributed by atoms with Crippen LogP contribution in [0.3, 0.4) is 0 Å². The SMILES string of the molecule is O=C(NCc1ccc(O)cn1)C1CC(=O)N(CCN2CCOCC2)C1. The number of likely N-dealkylation sites (tertiary alicyclic amines) is 1. The van der Waals surface area contributed by atoms with E-state index in [0.717, 1.165) is 32.8 Å². The highest BCUT2D eigenvalue weighted by molar-refractivity contribution is 5.89. The number of carbonyl (C=O) groups excluding carboxylic acids is 2. The highest BCUT2D eigenvalue weighted by Crippen LogP contribution is 2.18. The Labute approximate surface area is 146 Å². The molecule has 0 saturated carbocycles. The molecular formula is C17H24N4O4. The van der Waals surface area contributed by atoms with E-state index in [0.29, 0.717) is 18.8 Å². The first kappa shape index (κ1) is 17.6. The van der Waals surface area contributed by atoms with Crippen molar-refractivity contribution in [1.29, 1.82) is 0 Å². The maximum Gasteiger partial charge on any atom is 0.225 e.